The van der Waals surface area contributed by atoms with Crippen molar-refractivity contribution in [2.24, 2.45) is 5.92 Å². The van der Waals surface area contributed by atoms with Crippen LogP contribution >= 0.6 is 0 Å². The average molecular weight is 362 g/mol. The number of benzene rings is 1. The zero-order valence-corrected chi connectivity index (χ0v) is 15.7. The highest BCUT2D eigenvalue weighted by Gasteiger charge is 2.22. The number of hydrogen-bond acceptors (Lipinski definition) is 4. The molecule has 0 bridgehead atoms. The van der Waals surface area contributed by atoms with Gasteiger partial charge in [0.2, 0.25) is 0 Å². The van der Waals surface area contributed by atoms with E-state index in [2.05, 4.69) is 51.4 Å². The lowest BCUT2D eigenvalue weighted by atomic mass is 10.0. The zero-order chi connectivity index (χ0) is 18.1. The van der Waals surface area contributed by atoms with Crippen molar-refractivity contribution in [2.45, 2.75) is 51.2 Å². The van der Waals surface area contributed by atoms with Crippen molar-refractivity contribution < 1.29 is 4.74 Å². The molecule has 2 saturated heterocycles. The Kier molecular flexibility index (Phi) is 4.59. The Labute approximate surface area is 160 Å². The van der Waals surface area contributed by atoms with Gasteiger partial charge in [0.05, 0.1) is 18.8 Å². The Bertz CT molecular complexity index is 864. The first-order chi connectivity index (χ1) is 13.3. The summed E-state index contributed by atoms with van der Waals surface area (Å²) < 4.78 is 7.78. The van der Waals surface area contributed by atoms with Crippen LogP contribution in [0.4, 0.5) is 5.69 Å². The van der Waals surface area contributed by atoms with E-state index < -0.39 is 0 Å². The molecule has 0 radical (unpaired) electrons. The summed E-state index contributed by atoms with van der Waals surface area (Å²) in [5, 5.41) is 8.82. The van der Waals surface area contributed by atoms with Gasteiger partial charge in [0.25, 0.3) is 0 Å². The third-order valence-electron chi connectivity index (χ3n) is 5.67. The van der Waals surface area contributed by atoms with Gasteiger partial charge in [-0.2, -0.15) is 0 Å². The highest BCUT2D eigenvalue weighted by molar-refractivity contribution is 5.78. The van der Waals surface area contributed by atoms with Crippen molar-refractivity contribution in [1.82, 2.24) is 15.0 Å². The highest BCUT2D eigenvalue weighted by atomic mass is 16.5. The van der Waals surface area contributed by atoms with Crippen LogP contribution in [0.2, 0.25) is 0 Å². The largest absolute Gasteiger partial charge is 0.376 e. The van der Waals surface area contributed by atoms with Crippen LogP contribution in [-0.4, -0.2) is 40.8 Å². The van der Waals surface area contributed by atoms with Gasteiger partial charge in [-0.25, -0.2) is 4.68 Å². The van der Waals surface area contributed by atoms with Crippen molar-refractivity contribution in [2.75, 3.05) is 24.6 Å². The summed E-state index contributed by atoms with van der Waals surface area (Å²) in [7, 11) is 0. The zero-order valence-electron chi connectivity index (χ0n) is 15.7. The molecule has 0 spiro atoms. The molecule has 2 aliphatic heterocycles. The van der Waals surface area contributed by atoms with Gasteiger partial charge >= 0.3 is 0 Å². The van der Waals surface area contributed by atoms with Crippen LogP contribution < -0.4 is 4.90 Å². The predicted molar refractivity (Wildman–Crippen MR) is 105 cm³/mol. The minimum atomic E-state index is 0.267. The van der Waals surface area contributed by atoms with E-state index in [1.807, 2.05) is 4.68 Å². The standard InChI is InChI=1S/C22H26N4O/c1-2-13-27-19(4-1)15-26-16-21(23-24-26)20-10-9-18(8-7-17-5-6-17)14-22(20)25-11-3-12-25/h9-10,14,16-17,19H,1-6,11-13,15H2. The lowest BCUT2D eigenvalue weighted by Crippen LogP contribution is -2.37. The van der Waals surface area contributed by atoms with Crippen LogP contribution in [0.3, 0.4) is 0 Å². The van der Waals surface area contributed by atoms with Gasteiger partial charge in [0.1, 0.15) is 5.69 Å². The minimum absolute atomic E-state index is 0.267. The molecular weight excluding hydrogens is 336 g/mol. The molecular formula is C22H26N4O. The average Bonchev–Trinajstić information content (AvgIpc) is 3.37. The second-order valence-corrected chi connectivity index (χ2v) is 7.93. The molecule has 140 valence electrons. The second kappa shape index (κ2) is 7.36. The van der Waals surface area contributed by atoms with Crippen molar-refractivity contribution in [3.8, 4) is 23.1 Å². The van der Waals surface area contributed by atoms with Gasteiger partial charge in [-0.3, -0.25) is 0 Å². The summed E-state index contributed by atoms with van der Waals surface area (Å²) in [5.41, 5.74) is 4.44. The van der Waals surface area contributed by atoms with Gasteiger partial charge in [0.15, 0.2) is 0 Å². The van der Waals surface area contributed by atoms with Crippen LogP contribution in [-0.2, 0) is 11.3 Å². The van der Waals surface area contributed by atoms with Crippen LogP contribution in [0.5, 0.6) is 0 Å². The van der Waals surface area contributed by atoms with Crippen LogP contribution in [0.1, 0.15) is 44.1 Å². The number of rotatable bonds is 4. The van der Waals surface area contributed by atoms with Gasteiger partial charge in [0, 0.05) is 42.4 Å². The summed E-state index contributed by atoms with van der Waals surface area (Å²) in [6.07, 6.45) is 9.64. The predicted octanol–water partition coefficient (Wildman–Crippen LogP) is 3.49. The molecule has 3 aliphatic rings. The number of nitrogens with zero attached hydrogens (tertiary/aromatic N) is 4. The van der Waals surface area contributed by atoms with E-state index in [9.17, 15) is 0 Å². The van der Waals surface area contributed by atoms with E-state index in [-0.39, 0.29) is 6.10 Å². The fourth-order valence-electron chi connectivity index (χ4n) is 3.73. The number of aromatic nitrogens is 3. The van der Waals surface area contributed by atoms with E-state index in [1.54, 1.807) is 0 Å². The van der Waals surface area contributed by atoms with Gasteiger partial charge < -0.3 is 9.64 Å². The molecule has 1 aromatic carbocycles. The van der Waals surface area contributed by atoms with Crippen LogP contribution in [0, 0.1) is 17.8 Å². The molecule has 3 fully saturated rings. The SMILES string of the molecule is C(#CC1CC1)c1ccc(-c2cn(CC3CCCCO3)nn2)c(N2CCC2)c1. The van der Waals surface area contributed by atoms with Crippen molar-refractivity contribution >= 4 is 5.69 Å². The van der Waals surface area contributed by atoms with Gasteiger partial charge in [-0.1, -0.05) is 17.1 Å². The number of anilines is 1. The van der Waals surface area contributed by atoms with Crippen molar-refractivity contribution in [3.05, 3.63) is 30.0 Å². The molecule has 5 nitrogen and oxygen atoms in total. The lowest BCUT2D eigenvalue weighted by molar-refractivity contribution is 0.00370. The first-order valence-electron chi connectivity index (χ1n) is 10.3. The second-order valence-electron chi connectivity index (χ2n) is 7.93. The Balaban J connectivity index is 1.39. The quantitative estimate of drug-likeness (QED) is 0.781. The van der Waals surface area contributed by atoms with Crippen molar-refractivity contribution in [1.29, 1.82) is 0 Å². The Morgan fingerprint density at radius 3 is 2.78 bits per heavy atom. The maximum Gasteiger partial charge on any atom is 0.115 e. The van der Waals surface area contributed by atoms with Gasteiger partial charge in [-0.15, -0.1) is 5.10 Å². The monoisotopic (exact) mass is 362 g/mol. The molecule has 1 aliphatic carbocycles. The number of ether oxygens (including phenoxy) is 1. The molecule has 3 heterocycles. The highest BCUT2D eigenvalue weighted by Crippen LogP contribution is 2.33. The maximum absolute atomic E-state index is 5.84. The Morgan fingerprint density at radius 1 is 1.11 bits per heavy atom. The lowest BCUT2D eigenvalue weighted by Gasteiger charge is -2.34. The van der Waals surface area contributed by atoms with E-state index in [0.717, 1.165) is 49.5 Å². The first-order valence-corrected chi connectivity index (χ1v) is 10.3. The molecule has 27 heavy (non-hydrogen) atoms. The maximum atomic E-state index is 5.84. The molecule has 1 atom stereocenters. The Hall–Kier alpha value is -2.32. The normalized spacial score (nSPS) is 22.1. The van der Waals surface area contributed by atoms with Crippen LogP contribution in [0.25, 0.3) is 11.3 Å². The molecule has 1 saturated carbocycles. The van der Waals surface area contributed by atoms with E-state index in [0.29, 0.717) is 5.92 Å². The van der Waals surface area contributed by atoms with Crippen molar-refractivity contribution in [3.63, 3.8) is 0 Å². The molecule has 0 N–H and O–H groups in total. The molecule has 2 aromatic rings. The summed E-state index contributed by atoms with van der Waals surface area (Å²) in [6, 6.07) is 6.51. The molecule has 0 amide bonds. The third kappa shape index (κ3) is 3.86. The first kappa shape index (κ1) is 16.8. The summed E-state index contributed by atoms with van der Waals surface area (Å²) in [5.74, 6) is 7.35. The summed E-state index contributed by atoms with van der Waals surface area (Å²) in [6.45, 7) is 3.87. The van der Waals surface area contributed by atoms with E-state index in [1.165, 1.54) is 37.8 Å². The number of hydrogen-bond donors (Lipinski definition) is 0. The minimum Gasteiger partial charge on any atom is -0.376 e. The van der Waals surface area contributed by atoms with Crippen LogP contribution in [0.15, 0.2) is 24.4 Å². The Morgan fingerprint density at radius 2 is 2.04 bits per heavy atom. The molecule has 1 unspecified atom stereocenters. The fourth-order valence-corrected chi connectivity index (χ4v) is 3.73. The smallest absolute Gasteiger partial charge is 0.115 e. The van der Waals surface area contributed by atoms with E-state index in [4.69, 9.17) is 4.74 Å². The van der Waals surface area contributed by atoms with Gasteiger partial charge in [-0.05, 0) is 56.7 Å². The third-order valence-corrected chi connectivity index (χ3v) is 5.67. The summed E-state index contributed by atoms with van der Waals surface area (Å²) >= 11 is 0. The topological polar surface area (TPSA) is 43.2 Å². The molecule has 5 rings (SSSR count). The molecule has 1 aromatic heterocycles. The van der Waals surface area contributed by atoms with E-state index >= 15 is 0 Å². The fraction of sp³-hybridized carbons (Fsp3) is 0.545. The summed E-state index contributed by atoms with van der Waals surface area (Å²) in [4.78, 5) is 2.42. The molecule has 5 heteroatoms.